The van der Waals surface area contributed by atoms with Crippen molar-refractivity contribution >= 4 is 17.0 Å². The first-order chi connectivity index (χ1) is 15.1. The largest absolute Gasteiger partial charge is 0.479 e. The molecule has 1 saturated carbocycles. The van der Waals surface area contributed by atoms with Crippen molar-refractivity contribution in [2.75, 3.05) is 12.4 Å². The van der Waals surface area contributed by atoms with E-state index in [0.717, 1.165) is 22.2 Å². The molecule has 0 aliphatic heterocycles. The summed E-state index contributed by atoms with van der Waals surface area (Å²) in [6.07, 6.45) is 7.71. The van der Waals surface area contributed by atoms with E-state index in [-0.39, 0.29) is 6.04 Å². The quantitative estimate of drug-likeness (QED) is 0.500. The second kappa shape index (κ2) is 8.10. The number of alkyl halides is 2. The van der Waals surface area contributed by atoms with Crippen molar-refractivity contribution in [3.63, 3.8) is 0 Å². The molecule has 0 radical (unpaired) electrons. The first-order valence-electron chi connectivity index (χ1n) is 10.2. The molecule has 1 aliphatic carbocycles. The zero-order valence-electron chi connectivity index (χ0n) is 16.9. The number of ether oxygens (including phenoxy) is 2. The van der Waals surface area contributed by atoms with E-state index in [1.54, 1.807) is 22.3 Å². The number of hydrogen-bond acceptors (Lipinski definition) is 6. The van der Waals surface area contributed by atoms with Gasteiger partial charge in [0.2, 0.25) is 11.8 Å². The van der Waals surface area contributed by atoms with Crippen molar-refractivity contribution < 1.29 is 18.3 Å². The molecule has 0 aromatic carbocycles. The zero-order valence-corrected chi connectivity index (χ0v) is 16.9. The fraction of sp³-hybridized carbons (Fsp3) is 0.381. The van der Waals surface area contributed by atoms with Gasteiger partial charge in [-0.2, -0.15) is 18.9 Å². The summed E-state index contributed by atoms with van der Waals surface area (Å²) in [6.45, 7) is -2.72. The van der Waals surface area contributed by atoms with E-state index in [2.05, 4.69) is 25.2 Å². The molecule has 4 heterocycles. The molecule has 0 bridgehead atoms. The van der Waals surface area contributed by atoms with Gasteiger partial charge in [-0.15, -0.1) is 5.10 Å². The van der Waals surface area contributed by atoms with E-state index in [4.69, 9.17) is 4.74 Å². The Morgan fingerprint density at radius 3 is 2.68 bits per heavy atom. The lowest BCUT2D eigenvalue weighted by molar-refractivity contribution is -0.169. The van der Waals surface area contributed by atoms with Crippen LogP contribution in [0.4, 0.5) is 14.7 Å². The Morgan fingerprint density at radius 2 is 1.90 bits per heavy atom. The van der Waals surface area contributed by atoms with E-state index < -0.39 is 12.7 Å². The number of hydrogen-bond donors (Lipinski definition) is 1. The molecular formula is C21H22F2N6O2. The van der Waals surface area contributed by atoms with Gasteiger partial charge in [-0.05, 0) is 55.5 Å². The maximum Gasteiger partial charge on any atom is 0.345 e. The molecule has 1 aliphatic rings. The molecule has 31 heavy (non-hydrogen) atoms. The summed E-state index contributed by atoms with van der Waals surface area (Å²) in [5, 5.41) is 12.1. The van der Waals surface area contributed by atoms with Crippen LogP contribution in [0.25, 0.3) is 22.2 Å². The molecule has 0 amide bonds. The van der Waals surface area contributed by atoms with Gasteiger partial charge in [0, 0.05) is 30.2 Å². The Morgan fingerprint density at radius 1 is 1.10 bits per heavy atom. The summed E-state index contributed by atoms with van der Waals surface area (Å²) in [5.74, 6) is 0.900. The molecule has 162 valence electrons. The van der Waals surface area contributed by atoms with Crippen LogP contribution in [0.2, 0.25) is 0 Å². The fourth-order valence-electron chi connectivity index (χ4n) is 4.19. The van der Waals surface area contributed by atoms with Crippen LogP contribution in [0.3, 0.4) is 0 Å². The van der Waals surface area contributed by atoms with Crippen LogP contribution in [0.5, 0.6) is 5.88 Å². The van der Waals surface area contributed by atoms with Gasteiger partial charge >= 0.3 is 6.61 Å². The van der Waals surface area contributed by atoms with Crippen LogP contribution in [0.1, 0.15) is 25.7 Å². The number of pyridine rings is 1. The summed E-state index contributed by atoms with van der Waals surface area (Å²) < 4.78 is 38.6. The maximum atomic E-state index is 12.4. The number of methoxy groups -OCH3 is 1. The van der Waals surface area contributed by atoms with Crippen molar-refractivity contribution in [2.45, 2.75) is 44.4 Å². The van der Waals surface area contributed by atoms with Crippen molar-refractivity contribution in [1.29, 1.82) is 0 Å². The van der Waals surface area contributed by atoms with Gasteiger partial charge < -0.3 is 14.8 Å². The number of nitrogens with one attached hydrogen (secondary N) is 1. The van der Waals surface area contributed by atoms with Crippen LogP contribution in [0.15, 0.2) is 42.9 Å². The molecule has 4 aromatic heterocycles. The summed E-state index contributed by atoms with van der Waals surface area (Å²) in [5.41, 5.74) is 3.72. The van der Waals surface area contributed by atoms with Gasteiger partial charge in [0.15, 0.2) is 0 Å². The molecule has 0 spiro atoms. The highest BCUT2D eigenvalue weighted by Crippen LogP contribution is 2.32. The zero-order chi connectivity index (χ0) is 21.4. The second-order valence-corrected chi connectivity index (χ2v) is 7.60. The predicted molar refractivity (Wildman–Crippen MR) is 110 cm³/mol. The Kier molecular flexibility index (Phi) is 5.14. The van der Waals surface area contributed by atoms with Crippen LogP contribution in [-0.4, -0.2) is 50.1 Å². The first kappa shape index (κ1) is 19.7. The van der Waals surface area contributed by atoms with E-state index >= 15 is 0 Å². The standard InChI is InChI=1S/C21H22F2N6O2/c1-30-19-18-17(13-7-10-28-15(12-13)6-9-24-28)8-11-29(18)27-21(26-19)25-14-2-4-16(5-3-14)31-20(22)23/h6-12,14,16,20H,2-5H2,1H3,(H,25,27)/t14-,16+. The minimum Gasteiger partial charge on any atom is -0.479 e. The van der Waals surface area contributed by atoms with Crippen molar-refractivity contribution in [2.24, 2.45) is 0 Å². The number of aromatic nitrogens is 5. The molecule has 1 fully saturated rings. The van der Waals surface area contributed by atoms with E-state index in [1.807, 2.05) is 36.7 Å². The average molecular weight is 428 g/mol. The highest BCUT2D eigenvalue weighted by atomic mass is 19.3. The average Bonchev–Trinajstić information content (AvgIpc) is 3.40. The summed E-state index contributed by atoms with van der Waals surface area (Å²) >= 11 is 0. The van der Waals surface area contributed by atoms with E-state index in [9.17, 15) is 8.78 Å². The molecule has 10 heteroatoms. The van der Waals surface area contributed by atoms with Gasteiger partial charge in [0.1, 0.15) is 5.52 Å². The van der Waals surface area contributed by atoms with Crippen molar-refractivity contribution in [3.8, 4) is 17.0 Å². The smallest absolute Gasteiger partial charge is 0.345 e. The highest BCUT2D eigenvalue weighted by molar-refractivity contribution is 5.85. The normalized spacial score (nSPS) is 19.4. The van der Waals surface area contributed by atoms with Crippen molar-refractivity contribution in [3.05, 3.63) is 42.9 Å². The molecule has 4 aromatic rings. The predicted octanol–water partition coefficient (Wildman–Crippen LogP) is 4.01. The summed E-state index contributed by atoms with van der Waals surface area (Å²) in [7, 11) is 1.58. The minimum atomic E-state index is -2.72. The lowest BCUT2D eigenvalue weighted by Gasteiger charge is -2.28. The van der Waals surface area contributed by atoms with Crippen LogP contribution in [-0.2, 0) is 4.74 Å². The summed E-state index contributed by atoms with van der Waals surface area (Å²) in [6, 6.07) is 8.05. The van der Waals surface area contributed by atoms with Crippen LogP contribution in [0, 0.1) is 0 Å². The SMILES string of the molecule is COc1nc(N[C@H]2CC[C@@H](OC(F)F)CC2)nn2ccc(-c3ccn4nccc4c3)c12. The van der Waals surface area contributed by atoms with E-state index in [0.29, 0.717) is 37.5 Å². The highest BCUT2D eigenvalue weighted by Gasteiger charge is 2.25. The number of halogens is 2. The van der Waals surface area contributed by atoms with E-state index in [1.165, 1.54) is 0 Å². The molecular weight excluding hydrogens is 406 g/mol. The van der Waals surface area contributed by atoms with Gasteiger partial charge in [-0.25, -0.2) is 9.03 Å². The summed E-state index contributed by atoms with van der Waals surface area (Å²) in [4.78, 5) is 4.56. The third-order valence-corrected chi connectivity index (χ3v) is 5.69. The molecule has 1 N–H and O–H groups in total. The molecule has 0 saturated heterocycles. The number of fused-ring (bicyclic) bond motifs is 2. The third kappa shape index (κ3) is 3.90. The third-order valence-electron chi connectivity index (χ3n) is 5.69. The Bertz CT molecular complexity index is 1200. The number of rotatable bonds is 6. The monoisotopic (exact) mass is 428 g/mol. The Labute approximate surface area is 176 Å². The fourth-order valence-corrected chi connectivity index (χ4v) is 4.19. The topological polar surface area (TPSA) is 78.0 Å². The Hall–Kier alpha value is -3.27. The van der Waals surface area contributed by atoms with Gasteiger partial charge in [0.05, 0.1) is 18.7 Å². The lowest BCUT2D eigenvalue weighted by Crippen LogP contribution is -2.31. The maximum absolute atomic E-state index is 12.4. The second-order valence-electron chi connectivity index (χ2n) is 7.60. The Balaban J connectivity index is 1.39. The molecule has 0 atom stereocenters. The van der Waals surface area contributed by atoms with Crippen molar-refractivity contribution in [1.82, 2.24) is 24.2 Å². The number of nitrogens with zero attached hydrogens (tertiary/aromatic N) is 5. The van der Waals surface area contributed by atoms with Crippen LogP contribution >= 0.6 is 0 Å². The van der Waals surface area contributed by atoms with Gasteiger partial charge in [0.25, 0.3) is 0 Å². The van der Waals surface area contributed by atoms with Gasteiger partial charge in [-0.1, -0.05) is 0 Å². The minimum absolute atomic E-state index is 0.0963. The number of anilines is 1. The molecule has 0 unspecified atom stereocenters. The van der Waals surface area contributed by atoms with Crippen LogP contribution < -0.4 is 10.1 Å². The first-order valence-corrected chi connectivity index (χ1v) is 10.2. The molecule has 8 nitrogen and oxygen atoms in total. The lowest BCUT2D eigenvalue weighted by atomic mass is 9.93. The molecule has 5 rings (SSSR count). The van der Waals surface area contributed by atoms with Gasteiger partial charge in [-0.3, -0.25) is 0 Å².